The predicted molar refractivity (Wildman–Crippen MR) is 98.9 cm³/mol. The first-order chi connectivity index (χ1) is 14.4. The minimum atomic E-state index is -5.08. The van der Waals surface area contributed by atoms with Crippen LogP contribution in [0.5, 0.6) is 0 Å². The van der Waals surface area contributed by atoms with Crippen LogP contribution in [0, 0.1) is 11.3 Å². The number of carbonyl (C=O) groups is 4. The van der Waals surface area contributed by atoms with E-state index in [0.717, 1.165) is 0 Å². The van der Waals surface area contributed by atoms with E-state index in [1.807, 2.05) is 6.07 Å². The number of β-lactam (4-membered cyclic amide) rings is 1. The number of carboxylic acids is 2. The lowest BCUT2D eigenvalue weighted by Crippen LogP contribution is -2.68. The minimum absolute atomic E-state index is 0.0822. The molecule has 2 fully saturated rings. The first-order valence-electron chi connectivity index (χ1n) is 8.73. The van der Waals surface area contributed by atoms with Crippen LogP contribution in [0.15, 0.2) is 22.9 Å². The normalized spacial score (nSPS) is 24.3. The molecule has 2 atom stereocenters. The number of thioether (sulfide) groups is 1. The summed E-state index contributed by atoms with van der Waals surface area (Å²) in [5.74, 6) is -4.15. The maximum absolute atomic E-state index is 12.3. The number of aliphatic carboxylic acids is 2. The number of nitrogens with zero attached hydrogens (tertiary/aromatic N) is 3. The molecule has 0 bridgehead atoms. The van der Waals surface area contributed by atoms with E-state index in [1.54, 1.807) is 11.0 Å². The highest BCUT2D eigenvalue weighted by molar-refractivity contribution is 8.00. The van der Waals surface area contributed by atoms with Gasteiger partial charge in [0.15, 0.2) is 0 Å². The molecule has 31 heavy (non-hydrogen) atoms. The van der Waals surface area contributed by atoms with Gasteiger partial charge < -0.3 is 20.8 Å². The van der Waals surface area contributed by atoms with Crippen molar-refractivity contribution in [3.05, 3.63) is 22.9 Å². The van der Waals surface area contributed by atoms with E-state index < -0.39 is 30.1 Å². The predicted octanol–water partition coefficient (Wildman–Crippen LogP) is 0.273. The van der Waals surface area contributed by atoms with Crippen molar-refractivity contribution in [1.82, 2.24) is 9.80 Å². The molecule has 2 amide bonds. The first kappa shape index (κ1) is 24.2. The SMILES string of the molecule is N#CCCN1CC/C(=C\C2=C(C(=O)O)N3C(=O)[C@@H](N)[C@H]3SC2)C1=O.O=C(O)C(F)(F)F. The van der Waals surface area contributed by atoms with Gasteiger partial charge in [-0.1, -0.05) is 0 Å². The molecule has 3 rings (SSSR count). The fraction of sp³-hybridized carbons (Fsp3) is 0.471. The van der Waals surface area contributed by atoms with Gasteiger partial charge in [0.25, 0.3) is 0 Å². The van der Waals surface area contributed by atoms with Gasteiger partial charge >= 0.3 is 18.1 Å². The summed E-state index contributed by atoms with van der Waals surface area (Å²) in [7, 11) is 0. The number of hydrogen-bond donors (Lipinski definition) is 3. The average Bonchev–Trinajstić information content (AvgIpc) is 3.04. The number of allylic oxidation sites excluding steroid dienone is 1. The largest absolute Gasteiger partial charge is 0.490 e. The van der Waals surface area contributed by atoms with Crippen molar-refractivity contribution in [2.45, 2.75) is 30.4 Å². The summed E-state index contributed by atoms with van der Waals surface area (Å²) in [5.41, 5.74) is 6.59. The van der Waals surface area contributed by atoms with Gasteiger partial charge in [0.1, 0.15) is 17.1 Å². The molecule has 0 aliphatic carbocycles. The number of amides is 2. The topological polar surface area (TPSA) is 165 Å². The Bertz CT molecular complexity index is 911. The van der Waals surface area contributed by atoms with Gasteiger partial charge in [-0.15, -0.1) is 11.8 Å². The van der Waals surface area contributed by atoms with Gasteiger partial charge in [0.2, 0.25) is 11.8 Å². The zero-order chi connectivity index (χ0) is 23.5. The average molecular weight is 462 g/mol. The molecule has 0 aromatic heterocycles. The summed E-state index contributed by atoms with van der Waals surface area (Å²) < 4.78 is 31.7. The molecule has 0 radical (unpaired) electrons. The molecule has 0 spiro atoms. The monoisotopic (exact) mass is 462 g/mol. The van der Waals surface area contributed by atoms with E-state index in [1.165, 1.54) is 16.7 Å². The Morgan fingerprint density at radius 2 is 1.94 bits per heavy atom. The van der Waals surface area contributed by atoms with Crippen molar-refractivity contribution in [3.8, 4) is 6.07 Å². The molecular formula is C17H17F3N4O6S. The molecule has 10 nitrogen and oxygen atoms in total. The highest BCUT2D eigenvalue weighted by Gasteiger charge is 2.51. The van der Waals surface area contributed by atoms with Crippen molar-refractivity contribution >= 4 is 35.5 Å². The second-order valence-electron chi connectivity index (χ2n) is 6.54. The summed E-state index contributed by atoms with van der Waals surface area (Å²) in [6.07, 6.45) is -2.74. The number of nitriles is 1. The number of nitrogens with two attached hydrogens (primary N) is 1. The van der Waals surface area contributed by atoms with Crippen LogP contribution in [0.4, 0.5) is 13.2 Å². The lowest BCUT2D eigenvalue weighted by molar-refractivity contribution is -0.192. The number of carbonyl (C=O) groups excluding carboxylic acids is 2. The van der Waals surface area contributed by atoms with Crippen LogP contribution in [-0.4, -0.2) is 80.2 Å². The third-order valence-electron chi connectivity index (χ3n) is 4.54. The van der Waals surface area contributed by atoms with Gasteiger partial charge in [-0.05, 0) is 18.1 Å². The molecule has 0 aromatic carbocycles. The number of likely N-dealkylation sites (tertiary alicyclic amines) is 1. The lowest BCUT2D eigenvalue weighted by Gasteiger charge is -2.47. The van der Waals surface area contributed by atoms with Crippen LogP contribution in [0.1, 0.15) is 12.8 Å². The van der Waals surface area contributed by atoms with Crippen molar-refractivity contribution in [1.29, 1.82) is 5.26 Å². The maximum Gasteiger partial charge on any atom is 0.490 e. The first-order valence-corrected chi connectivity index (χ1v) is 9.78. The summed E-state index contributed by atoms with van der Waals surface area (Å²) in [6, 6.07) is 1.33. The highest BCUT2D eigenvalue weighted by Crippen LogP contribution is 2.40. The molecule has 0 aromatic rings. The van der Waals surface area contributed by atoms with Crippen LogP contribution in [0.3, 0.4) is 0 Å². The number of alkyl halides is 3. The van der Waals surface area contributed by atoms with Crippen LogP contribution in [0.25, 0.3) is 0 Å². The maximum atomic E-state index is 12.3. The molecule has 0 saturated carbocycles. The third kappa shape index (κ3) is 5.17. The smallest absolute Gasteiger partial charge is 0.477 e. The second kappa shape index (κ2) is 9.40. The Labute approximate surface area is 177 Å². The van der Waals surface area contributed by atoms with Crippen LogP contribution in [-0.2, 0) is 19.2 Å². The Balaban J connectivity index is 0.000000423. The molecule has 14 heteroatoms. The van der Waals surface area contributed by atoms with Gasteiger partial charge in [-0.3, -0.25) is 14.5 Å². The Hall–Kier alpha value is -3.05. The van der Waals surface area contributed by atoms with Gasteiger partial charge in [0.05, 0.1) is 12.5 Å². The molecule has 4 N–H and O–H groups in total. The Kier molecular flexibility index (Phi) is 7.34. The molecule has 168 valence electrons. The van der Waals surface area contributed by atoms with Crippen LogP contribution >= 0.6 is 11.8 Å². The molecule has 3 aliphatic rings. The van der Waals surface area contributed by atoms with E-state index in [2.05, 4.69) is 0 Å². The molecular weight excluding hydrogens is 445 g/mol. The quantitative estimate of drug-likeness (QED) is 0.393. The van der Waals surface area contributed by atoms with Gasteiger partial charge in [0, 0.05) is 24.4 Å². The Morgan fingerprint density at radius 3 is 2.45 bits per heavy atom. The standard InChI is InChI=1S/C15H16N4O4S.C2HF3O2/c16-3-1-4-18-5-2-8(12(18)20)6-9-7-24-14-10(17)13(21)19(14)11(9)15(22)23;3-2(4,5)1(6)7/h6,10,14H,1-2,4-5,7,17H2,(H,22,23);(H,6,7)/b8-6+;/t10-,14-;/m1./s1. The van der Waals surface area contributed by atoms with Gasteiger partial charge in [-0.2, -0.15) is 18.4 Å². The van der Waals surface area contributed by atoms with Crippen molar-refractivity contribution in [2.24, 2.45) is 5.73 Å². The fourth-order valence-electron chi connectivity index (χ4n) is 3.06. The van der Waals surface area contributed by atoms with E-state index in [4.69, 9.17) is 20.9 Å². The highest BCUT2D eigenvalue weighted by atomic mass is 32.2. The van der Waals surface area contributed by atoms with E-state index in [0.29, 0.717) is 36.4 Å². The van der Waals surface area contributed by atoms with Crippen molar-refractivity contribution in [2.75, 3.05) is 18.8 Å². The van der Waals surface area contributed by atoms with Crippen molar-refractivity contribution < 1.29 is 42.6 Å². The van der Waals surface area contributed by atoms with Crippen LogP contribution in [0.2, 0.25) is 0 Å². The summed E-state index contributed by atoms with van der Waals surface area (Å²) in [5, 5.41) is 24.9. The molecule has 3 heterocycles. The number of rotatable bonds is 4. The summed E-state index contributed by atoms with van der Waals surface area (Å²) in [4.78, 5) is 47.5. The van der Waals surface area contributed by atoms with Crippen molar-refractivity contribution in [3.63, 3.8) is 0 Å². The van der Waals surface area contributed by atoms with Crippen LogP contribution < -0.4 is 5.73 Å². The second-order valence-corrected chi connectivity index (χ2v) is 7.64. The summed E-state index contributed by atoms with van der Waals surface area (Å²) >= 11 is 1.40. The third-order valence-corrected chi connectivity index (χ3v) is 5.86. The molecule has 2 saturated heterocycles. The molecule has 3 aliphatic heterocycles. The van der Waals surface area contributed by atoms with Gasteiger partial charge in [-0.25, -0.2) is 9.59 Å². The summed E-state index contributed by atoms with van der Waals surface area (Å²) in [6.45, 7) is 0.888. The minimum Gasteiger partial charge on any atom is -0.477 e. The van der Waals surface area contributed by atoms with E-state index in [-0.39, 0.29) is 23.4 Å². The zero-order valence-corrected chi connectivity index (χ0v) is 16.6. The number of fused-ring (bicyclic) bond motifs is 1. The zero-order valence-electron chi connectivity index (χ0n) is 15.8. The Morgan fingerprint density at radius 1 is 1.32 bits per heavy atom. The van der Waals surface area contributed by atoms with E-state index in [9.17, 15) is 32.7 Å². The van der Waals surface area contributed by atoms with E-state index >= 15 is 0 Å². The molecule has 0 unspecified atom stereocenters. The lowest BCUT2D eigenvalue weighted by atomic mass is 10.0. The number of hydrogen-bond acceptors (Lipinski definition) is 7. The number of carboxylic acid groups (broad SMARTS) is 2. The fourth-order valence-corrected chi connectivity index (χ4v) is 4.31. The number of halogens is 3.